The van der Waals surface area contributed by atoms with E-state index >= 15 is 0 Å². The number of rotatable bonds is 7. The van der Waals surface area contributed by atoms with Gasteiger partial charge in [0.25, 0.3) is 0 Å². The predicted molar refractivity (Wildman–Crippen MR) is 143 cm³/mol. The summed E-state index contributed by atoms with van der Waals surface area (Å²) in [7, 11) is 0. The van der Waals surface area contributed by atoms with Gasteiger partial charge in [-0.2, -0.15) is 10.5 Å². The van der Waals surface area contributed by atoms with E-state index in [1.54, 1.807) is 12.3 Å². The molecule has 2 aromatic rings. The Morgan fingerprint density at radius 1 is 1.21 bits per heavy atom. The van der Waals surface area contributed by atoms with Crippen molar-refractivity contribution < 1.29 is 9.53 Å². The molecule has 6 rings (SSSR count). The first kappa shape index (κ1) is 24.6. The Hall–Kier alpha value is -3.75. The first-order chi connectivity index (χ1) is 18.5. The number of piperazine rings is 1. The van der Waals surface area contributed by atoms with E-state index in [9.17, 15) is 15.3 Å². The minimum absolute atomic E-state index is 0.0663. The zero-order chi connectivity index (χ0) is 26.4. The fraction of sp³-hybridized carbons (Fsp3) is 0.500. The van der Waals surface area contributed by atoms with Crippen LogP contribution in [0.4, 0.5) is 5.82 Å². The average molecular weight is 509 g/mol. The second-order valence-electron chi connectivity index (χ2n) is 11.0. The molecule has 2 atom stereocenters. The molecule has 0 unspecified atom stereocenters. The summed E-state index contributed by atoms with van der Waals surface area (Å²) in [5, 5.41) is 20.2. The number of hydrogen-bond donors (Lipinski definition) is 0. The number of hydrogen-bond acceptors (Lipinski definition) is 7. The van der Waals surface area contributed by atoms with Crippen LogP contribution in [0.2, 0.25) is 0 Å². The van der Waals surface area contributed by atoms with Crippen molar-refractivity contribution in [2.24, 2.45) is 5.92 Å². The highest BCUT2D eigenvalue weighted by molar-refractivity contribution is 5.81. The number of pyridine rings is 2. The smallest absolute Gasteiger partial charge is 0.225 e. The molecule has 2 aliphatic heterocycles. The van der Waals surface area contributed by atoms with Gasteiger partial charge < -0.3 is 14.5 Å². The summed E-state index contributed by atoms with van der Waals surface area (Å²) in [6, 6.07) is 6.72. The lowest BCUT2D eigenvalue weighted by molar-refractivity contribution is -0.142. The number of carbonyl (C=O) groups is 1. The molecule has 8 heteroatoms. The van der Waals surface area contributed by atoms with E-state index < -0.39 is 0 Å². The molecule has 0 bridgehead atoms. The molecule has 2 aromatic heterocycles. The summed E-state index contributed by atoms with van der Waals surface area (Å²) >= 11 is 0. The van der Waals surface area contributed by atoms with Crippen LogP contribution in [0.15, 0.2) is 18.8 Å². The van der Waals surface area contributed by atoms with Crippen LogP contribution in [-0.4, -0.2) is 59.2 Å². The standard InChI is InChI=1S/C30H32N6O2/c1-3-22-12-24(21(14-31)16-33-22)28-18(2)25(15-32)30(34-29(28)20-6-7-20)35-9-10-36(26(17-35)19-4-5-19)27(37)13-23-8-11-38-23/h3,12,16,19-20,23,26H,1,4-11,13,17H2,2H3/t23-,26+/m1/s1. The number of aromatic nitrogens is 2. The molecular weight excluding hydrogens is 476 g/mol. The van der Waals surface area contributed by atoms with Crippen LogP contribution in [0.3, 0.4) is 0 Å². The van der Waals surface area contributed by atoms with Gasteiger partial charge in [-0.05, 0) is 62.7 Å². The van der Waals surface area contributed by atoms with E-state index in [2.05, 4.69) is 33.5 Å². The van der Waals surface area contributed by atoms with Crippen LogP contribution >= 0.6 is 0 Å². The second-order valence-corrected chi connectivity index (χ2v) is 11.0. The lowest BCUT2D eigenvalue weighted by Gasteiger charge is -2.43. The summed E-state index contributed by atoms with van der Waals surface area (Å²) in [5.41, 5.74) is 5.14. The highest BCUT2D eigenvalue weighted by Crippen LogP contribution is 2.47. The fourth-order valence-electron chi connectivity index (χ4n) is 5.90. The zero-order valence-corrected chi connectivity index (χ0v) is 21.8. The van der Waals surface area contributed by atoms with Gasteiger partial charge in [0.2, 0.25) is 5.91 Å². The van der Waals surface area contributed by atoms with Crippen LogP contribution in [0.25, 0.3) is 17.2 Å². The van der Waals surface area contributed by atoms with Crippen LogP contribution in [0, 0.1) is 35.5 Å². The van der Waals surface area contributed by atoms with Crippen molar-refractivity contribution in [1.82, 2.24) is 14.9 Å². The van der Waals surface area contributed by atoms with Crippen molar-refractivity contribution in [3.8, 4) is 23.3 Å². The molecule has 0 N–H and O–H groups in total. The minimum Gasteiger partial charge on any atom is -0.377 e. The normalized spacial score (nSPS) is 22.8. The summed E-state index contributed by atoms with van der Waals surface area (Å²) in [6.07, 6.45) is 9.09. The molecule has 8 nitrogen and oxygen atoms in total. The summed E-state index contributed by atoms with van der Waals surface area (Å²) in [6.45, 7) is 8.52. The molecule has 2 aliphatic carbocycles. The molecule has 1 amide bonds. The molecule has 4 heterocycles. The van der Waals surface area contributed by atoms with Crippen molar-refractivity contribution in [1.29, 1.82) is 10.5 Å². The highest BCUT2D eigenvalue weighted by Gasteiger charge is 2.43. The lowest BCUT2D eigenvalue weighted by Crippen LogP contribution is -2.57. The fourth-order valence-corrected chi connectivity index (χ4v) is 5.90. The topological polar surface area (TPSA) is 106 Å². The molecule has 0 radical (unpaired) electrons. The van der Waals surface area contributed by atoms with E-state index in [4.69, 9.17) is 9.72 Å². The van der Waals surface area contributed by atoms with Crippen molar-refractivity contribution in [3.05, 3.63) is 46.9 Å². The molecule has 194 valence electrons. The maximum Gasteiger partial charge on any atom is 0.225 e. The van der Waals surface area contributed by atoms with Gasteiger partial charge in [-0.25, -0.2) is 4.98 Å². The maximum absolute atomic E-state index is 13.2. The summed E-state index contributed by atoms with van der Waals surface area (Å²) < 4.78 is 5.52. The van der Waals surface area contributed by atoms with Gasteiger partial charge in [0, 0.05) is 49.5 Å². The number of carbonyl (C=O) groups excluding carboxylic acids is 1. The first-order valence-electron chi connectivity index (χ1n) is 13.7. The molecule has 2 saturated carbocycles. The van der Waals surface area contributed by atoms with Crippen molar-refractivity contribution in [2.75, 3.05) is 31.1 Å². The van der Waals surface area contributed by atoms with Crippen LogP contribution in [-0.2, 0) is 9.53 Å². The SMILES string of the molecule is C=Cc1cc(-c2c(C3CC3)nc(N3CCN(C(=O)C[C@H]4CCO4)[C@H](C4CC4)C3)c(C#N)c2C)c(C#N)cn1. The Labute approximate surface area is 223 Å². The quantitative estimate of drug-likeness (QED) is 0.548. The molecule has 0 spiro atoms. The van der Waals surface area contributed by atoms with Gasteiger partial charge in [0.15, 0.2) is 0 Å². The van der Waals surface area contributed by atoms with Gasteiger partial charge in [-0.3, -0.25) is 9.78 Å². The lowest BCUT2D eigenvalue weighted by atomic mass is 9.91. The van der Waals surface area contributed by atoms with Crippen molar-refractivity contribution >= 4 is 17.8 Å². The van der Waals surface area contributed by atoms with Crippen LogP contribution < -0.4 is 4.90 Å². The molecule has 2 saturated heterocycles. The van der Waals surface area contributed by atoms with Crippen LogP contribution in [0.1, 0.15) is 72.5 Å². The third kappa shape index (κ3) is 4.44. The van der Waals surface area contributed by atoms with E-state index in [-0.39, 0.29) is 18.1 Å². The molecule has 4 fully saturated rings. The van der Waals surface area contributed by atoms with E-state index in [1.807, 2.05) is 13.0 Å². The van der Waals surface area contributed by atoms with Crippen LogP contribution in [0.5, 0.6) is 0 Å². The predicted octanol–water partition coefficient (Wildman–Crippen LogP) is 4.32. The van der Waals surface area contributed by atoms with Gasteiger partial charge >= 0.3 is 0 Å². The van der Waals surface area contributed by atoms with Crippen molar-refractivity contribution in [2.45, 2.75) is 63.5 Å². The van der Waals surface area contributed by atoms with E-state index in [1.165, 1.54) is 0 Å². The summed E-state index contributed by atoms with van der Waals surface area (Å²) in [5.74, 6) is 1.72. The highest BCUT2D eigenvalue weighted by atomic mass is 16.5. The molecule has 0 aromatic carbocycles. The third-order valence-electron chi connectivity index (χ3n) is 8.46. The Morgan fingerprint density at radius 2 is 2.00 bits per heavy atom. The van der Waals surface area contributed by atoms with Gasteiger partial charge in [0.05, 0.1) is 41.1 Å². The third-order valence-corrected chi connectivity index (χ3v) is 8.46. The maximum atomic E-state index is 13.2. The Kier molecular flexibility index (Phi) is 6.37. The van der Waals surface area contributed by atoms with Gasteiger partial charge in [0.1, 0.15) is 18.0 Å². The number of amides is 1. The molecule has 4 aliphatic rings. The number of ether oxygens (including phenoxy) is 1. The van der Waals surface area contributed by atoms with Gasteiger partial charge in [-0.15, -0.1) is 0 Å². The number of nitriles is 2. The number of nitrogens with zero attached hydrogens (tertiary/aromatic N) is 6. The molecular formula is C30H32N6O2. The Balaban J connectivity index is 1.38. The Morgan fingerprint density at radius 3 is 2.61 bits per heavy atom. The minimum atomic E-state index is 0.0663. The largest absolute Gasteiger partial charge is 0.377 e. The first-order valence-corrected chi connectivity index (χ1v) is 13.7. The second kappa shape index (κ2) is 9.85. The van der Waals surface area contributed by atoms with E-state index in [0.717, 1.165) is 61.1 Å². The van der Waals surface area contributed by atoms with E-state index in [0.29, 0.717) is 60.5 Å². The van der Waals surface area contributed by atoms with Crippen molar-refractivity contribution in [3.63, 3.8) is 0 Å². The average Bonchev–Trinajstić information content (AvgIpc) is 3.83. The number of anilines is 1. The molecule has 38 heavy (non-hydrogen) atoms. The zero-order valence-electron chi connectivity index (χ0n) is 21.8. The summed E-state index contributed by atoms with van der Waals surface area (Å²) in [4.78, 5) is 26.9. The van der Waals surface area contributed by atoms with Gasteiger partial charge in [-0.1, -0.05) is 6.58 Å². The Bertz CT molecular complexity index is 1380. The monoisotopic (exact) mass is 508 g/mol.